The van der Waals surface area contributed by atoms with Gasteiger partial charge in [-0.1, -0.05) is 13.8 Å². The van der Waals surface area contributed by atoms with Crippen molar-refractivity contribution >= 4 is 27.8 Å². The van der Waals surface area contributed by atoms with Gasteiger partial charge in [-0.2, -0.15) is 10.4 Å². The van der Waals surface area contributed by atoms with Gasteiger partial charge in [-0.15, -0.1) is 0 Å². The van der Waals surface area contributed by atoms with Crippen molar-refractivity contribution in [2.24, 2.45) is 0 Å². The first kappa shape index (κ1) is 22.1. The highest BCUT2D eigenvalue weighted by atomic mass is 19.1. The molecule has 0 atom stereocenters. The Morgan fingerprint density at radius 2 is 2.09 bits per heavy atom. The number of nitrogens with zero attached hydrogens (tertiary/aromatic N) is 3. The Bertz CT molecular complexity index is 1500. The maximum absolute atomic E-state index is 14.2. The molecule has 7 nitrogen and oxygen atoms in total. The summed E-state index contributed by atoms with van der Waals surface area (Å²) in [5.74, 6) is -1.74. The summed E-state index contributed by atoms with van der Waals surface area (Å²) in [6.07, 6.45) is 2.13. The number of aliphatic hydroxyl groups is 1. The zero-order valence-electron chi connectivity index (χ0n) is 19.2. The maximum atomic E-state index is 14.2. The smallest absolute Gasteiger partial charge is 0.335 e. The molecule has 2 heterocycles. The monoisotopic (exact) mass is 460 g/mol. The Kier molecular flexibility index (Phi) is 4.81. The van der Waals surface area contributed by atoms with E-state index >= 15 is 0 Å². The Labute approximate surface area is 195 Å². The second kappa shape index (κ2) is 7.40. The molecule has 1 saturated carbocycles. The van der Waals surface area contributed by atoms with E-state index in [1.54, 1.807) is 25.3 Å². The standard InChI is InChI=1S/C26H25FN4O3/c1-14-8-17(4-5-19(14)27)31-21-9-15-13-29-30-20(15)10-18(21)22(23(31)25(2,3)6-7-28)16-11-26(34,12-16)24(32)33/h4-5,8-10,13,16,34H,6,11-12H2,1-3H3,(H,29,30)(H,32,33). The lowest BCUT2D eigenvalue weighted by Crippen LogP contribution is -2.49. The molecule has 0 aliphatic heterocycles. The highest BCUT2D eigenvalue weighted by Crippen LogP contribution is 2.52. The quantitative estimate of drug-likeness (QED) is 0.394. The van der Waals surface area contributed by atoms with Gasteiger partial charge in [0.1, 0.15) is 5.82 Å². The van der Waals surface area contributed by atoms with Crippen LogP contribution in [-0.4, -0.2) is 36.5 Å². The number of carboxylic acids is 1. The van der Waals surface area contributed by atoms with Gasteiger partial charge in [-0.25, -0.2) is 9.18 Å². The summed E-state index contributed by atoms with van der Waals surface area (Å²) >= 11 is 0. The van der Waals surface area contributed by atoms with Crippen LogP contribution in [0.2, 0.25) is 0 Å². The van der Waals surface area contributed by atoms with Gasteiger partial charge in [0, 0.05) is 34.0 Å². The number of hydrogen-bond donors (Lipinski definition) is 3. The number of nitrogens with one attached hydrogen (secondary N) is 1. The fourth-order valence-corrected chi connectivity index (χ4v) is 5.28. The van der Waals surface area contributed by atoms with Crippen LogP contribution in [0.4, 0.5) is 4.39 Å². The molecule has 5 rings (SSSR count). The third-order valence-corrected chi connectivity index (χ3v) is 7.10. The van der Waals surface area contributed by atoms with Gasteiger partial charge in [-0.3, -0.25) is 5.10 Å². The van der Waals surface area contributed by atoms with Gasteiger partial charge < -0.3 is 14.8 Å². The topological polar surface area (TPSA) is 115 Å². The van der Waals surface area contributed by atoms with Crippen LogP contribution in [0.3, 0.4) is 0 Å². The fourth-order valence-electron chi connectivity index (χ4n) is 5.28. The lowest BCUT2D eigenvalue weighted by molar-refractivity contribution is -0.169. The predicted octanol–water partition coefficient (Wildman–Crippen LogP) is 4.84. The molecule has 1 fully saturated rings. The van der Waals surface area contributed by atoms with Crippen molar-refractivity contribution in [3.8, 4) is 11.8 Å². The maximum Gasteiger partial charge on any atom is 0.335 e. The van der Waals surface area contributed by atoms with Crippen molar-refractivity contribution in [1.29, 1.82) is 5.26 Å². The van der Waals surface area contributed by atoms with Crippen molar-refractivity contribution in [3.63, 3.8) is 0 Å². The molecule has 174 valence electrons. The van der Waals surface area contributed by atoms with E-state index in [1.165, 1.54) is 6.07 Å². The Hall–Kier alpha value is -3.70. The number of benzene rings is 2. The second-order valence-corrected chi connectivity index (χ2v) is 10.0. The van der Waals surface area contributed by atoms with Crippen molar-refractivity contribution < 1.29 is 19.4 Å². The van der Waals surface area contributed by atoms with Crippen LogP contribution in [-0.2, 0) is 10.2 Å². The minimum absolute atomic E-state index is 0.0839. The number of fused-ring (bicyclic) bond motifs is 2. The molecule has 4 aromatic rings. The van der Waals surface area contributed by atoms with Gasteiger partial charge in [0.25, 0.3) is 0 Å². The van der Waals surface area contributed by atoms with E-state index in [4.69, 9.17) is 0 Å². The minimum atomic E-state index is -1.76. The van der Waals surface area contributed by atoms with Crippen LogP contribution in [0, 0.1) is 24.1 Å². The number of H-pyrrole nitrogens is 1. The largest absolute Gasteiger partial charge is 0.479 e. The van der Waals surface area contributed by atoms with Crippen molar-refractivity contribution in [2.45, 2.75) is 57.0 Å². The number of rotatable bonds is 5. The van der Waals surface area contributed by atoms with E-state index in [0.717, 1.165) is 38.8 Å². The Balaban J connectivity index is 1.87. The Morgan fingerprint density at radius 1 is 1.35 bits per heavy atom. The van der Waals surface area contributed by atoms with E-state index in [-0.39, 0.29) is 31.0 Å². The normalized spacial score (nSPS) is 20.4. The number of aromatic amines is 1. The molecule has 0 saturated heterocycles. The summed E-state index contributed by atoms with van der Waals surface area (Å²) in [7, 11) is 0. The number of hydrogen-bond acceptors (Lipinski definition) is 4. The van der Waals surface area contributed by atoms with Gasteiger partial charge in [-0.05, 0) is 67.1 Å². The highest BCUT2D eigenvalue weighted by Gasteiger charge is 2.51. The summed E-state index contributed by atoms with van der Waals surface area (Å²) in [6, 6.07) is 11.2. The number of carboxylic acid groups (broad SMARTS) is 1. The molecule has 0 unspecified atom stereocenters. The second-order valence-electron chi connectivity index (χ2n) is 10.0. The number of halogens is 1. The summed E-state index contributed by atoms with van der Waals surface area (Å²) in [5.41, 5.74) is 2.37. The van der Waals surface area contributed by atoms with Gasteiger partial charge >= 0.3 is 5.97 Å². The average Bonchev–Trinajstić information content (AvgIpc) is 3.33. The molecule has 8 heteroatoms. The molecule has 0 spiro atoms. The summed E-state index contributed by atoms with van der Waals surface area (Å²) in [4.78, 5) is 11.6. The summed E-state index contributed by atoms with van der Waals surface area (Å²) < 4.78 is 16.2. The SMILES string of the molecule is Cc1cc(-n2c(C(C)(C)CC#N)c(C3CC(O)(C(=O)O)C3)c3cc4[nH]ncc4cc32)ccc1F. The molecular formula is C26H25FN4O3. The van der Waals surface area contributed by atoms with Crippen LogP contribution in [0.1, 0.15) is 55.8 Å². The lowest BCUT2D eigenvalue weighted by atomic mass is 9.65. The third kappa shape index (κ3) is 3.19. The van der Waals surface area contributed by atoms with Crippen molar-refractivity contribution in [3.05, 3.63) is 59.2 Å². The van der Waals surface area contributed by atoms with E-state index in [9.17, 15) is 24.7 Å². The first-order chi connectivity index (χ1) is 16.1. The first-order valence-electron chi connectivity index (χ1n) is 11.2. The van der Waals surface area contributed by atoms with E-state index < -0.39 is 17.0 Å². The van der Waals surface area contributed by atoms with Crippen LogP contribution in [0.25, 0.3) is 27.5 Å². The van der Waals surface area contributed by atoms with Crippen molar-refractivity contribution in [2.75, 3.05) is 0 Å². The highest BCUT2D eigenvalue weighted by molar-refractivity contribution is 5.99. The average molecular weight is 461 g/mol. The fraction of sp³-hybridized carbons (Fsp3) is 0.346. The van der Waals surface area contributed by atoms with E-state index in [2.05, 4.69) is 20.8 Å². The molecule has 2 aromatic heterocycles. The van der Waals surface area contributed by atoms with Gasteiger partial charge in [0.05, 0.1) is 23.3 Å². The number of aromatic nitrogens is 3. The first-order valence-corrected chi connectivity index (χ1v) is 11.2. The molecule has 1 aliphatic carbocycles. The number of aryl methyl sites for hydroxylation is 1. The number of carbonyl (C=O) groups is 1. The molecule has 34 heavy (non-hydrogen) atoms. The van der Waals surface area contributed by atoms with Crippen molar-refractivity contribution in [1.82, 2.24) is 14.8 Å². The minimum Gasteiger partial charge on any atom is -0.479 e. The van der Waals surface area contributed by atoms with E-state index in [1.807, 2.05) is 26.0 Å². The zero-order valence-corrected chi connectivity index (χ0v) is 19.2. The number of nitriles is 1. The molecule has 2 aromatic carbocycles. The molecular weight excluding hydrogens is 435 g/mol. The predicted molar refractivity (Wildman–Crippen MR) is 125 cm³/mol. The third-order valence-electron chi connectivity index (χ3n) is 7.10. The summed E-state index contributed by atoms with van der Waals surface area (Å²) in [5, 5.41) is 38.5. The molecule has 0 bridgehead atoms. The van der Waals surface area contributed by atoms with Crippen LogP contribution in [0.15, 0.2) is 36.5 Å². The molecule has 0 radical (unpaired) electrons. The van der Waals surface area contributed by atoms with Crippen LogP contribution < -0.4 is 0 Å². The van der Waals surface area contributed by atoms with E-state index in [0.29, 0.717) is 5.56 Å². The zero-order chi connectivity index (χ0) is 24.4. The van der Waals surface area contributed by atoms with Gasteiger partial charge in [0.15, 0.2) is 5.60 Å². The molecule has 3 N–H and O–H groups in total. The van der Waals surface area contributed by atoms with Crippen LogP contribution >= 0.6 is 0 Å². The Morgan fingerprint density at radius 3 is 2.74 bits per heavy atom. The summed E-state index contributed by atoms with van der Waals surface area (Å²) in [6.45, 7) is 5.67. The van der Waals surface area contributed by atoms with Crippen LogP contribution in [0.5, 0.6) is 0 Å². The molecule has 0 amide bonds. The lowest BCUT2D eigenvalue weighted by Gasteiger charge is -2.42. The van der Waals surface area contributed by atoms with Gasteiger partial charge in [0.2, 0.25) is 0 Å². The molecule has 1 aliphatic rings. The number of aliphatic carboxylic acids is 1.